The average molecular weight is 248 g/mol. The third kappa shape index (κ3) is 1.68. The highest BCUT2D eigenvalue weighted by Gasteiger charge is 2.53. The van der Waals surface area contributed by atoms with Gasteiger partial charge in [-0.25, -0.2) is 0 Å². The fourth-order valence-electron chi connectivity index (χ4n) is 6.05. The second-order valence-electron chi connectivity index (χ2n) is 8.02. The SMILES string of the molecule is CC1CN(C23CC4CC(CC(C4)C2)C3)CCC1N. The summed E-state index contributed by atoms with van der Waals surface area (Å²) >= 11 is 0. The Morgan fingerprint density at radius 1 is 1.00 bits per heavy atom. The minimum Gasteiger partial charge on any atom is -0.327 e. The van der Waals surface area contributed by atoms with Crippen LogP contribution in [0.2, 0.25) is 0 Å². The van der Waals surface area contributed by atoms with E-state index in [9.17, 15) is 0 Å². The molecule has 5 fully saturated rings. The molecule has 0 aromatic heterocycles. The highest BCUT2D eigenvalue weighted by atomic mass is 15.2. The van der Waals surface area contributed by atoms with Crippen molar-refractivity contribution in [3.63, 3.8) is 0 Å². The zero-order valence-corrected chi connectivity index (χ0v) is 11.8. The van der Waals surface area contributed by atoms with Crippen molar-refractivity contribution in [2.24, 2.45) is 29.4 Å². The van der Waals surface area contributed by atoms with E-state index in [-0.39, 0.29) is 0 Å². The molecule has 18 heavy (non-hydrogen) atoms. The molecule has 4 saturated carbocycles. The molecule has 2 N–H and O–H groups in total. The summed E-state index contributed by atoms with van der Waals surface area (Å²) in [5.41, 5.74) is 6.82. The fraction of sp³-hybridized carbons (Fsp3) is 1.00. The Morgan fingerprint density at radius 2 is 1.56 bits per heavy atom. The molecule has 102 valence electrons. The molecule has 5 aliphatic rings. The van der Waals surface area contributed by atoms with Crippen LogP contribution in [0.3, 0.4) is 0 Å². The predicted molar refractivity (Wildman–Crippen MR) is 74.2 cm³/mol. The Labute approximate surface area is 111 Å². The van der Waals surface area contributed by atoms with Crippen LogP contribution in [-0.2, 0) is 0 Å². The van der Waals surface area contributed by atoms with Crippen molar-refractivity contribution in [1.82, 2.24) is 4.90 Å². The maximum atomic E-state index is 6.21. The molecule has 4 aliphatic carbocycles. The van der Waals surface area contributed by atoms with Gasteiger partial charge >= 0.3 is 0 Å². The van der Waals surface area contributed by atoms with E-state index < -0.39 is 0 Å². The minimum absolute atomic E-state index is 0.454. The molecule has 0 spiro atoms. The molecule has 0 aromatic rings. The van der Waals surface area contributed by atoms with Crippen LogP contribution < -0.4 is 5.73 Å². The van der Waals surface area contributed by atoms with Crippen molar-refractivity contribution in [3.05, 3.63) is 0 Å². The van der Waals surface area contributed by atoms with E-state index in [4.69, 9.17) is 5.73 Å². The molecule has 4 bridgehead atoms. The third-order valence-electron chi connectivity index (χ3n) is 6.65. The lowest BCUT2D eigenvalue weighted by molar-refractivity contribution is -0.101. The van der Waals surface area contributed by atoms with Gasteiger partial charge < -0.3 is 5.73 Å². The van der Waals surface area contributed by atoms with Gasteiger partial charge in [-0.05, 0) is 68.6 Å². The highest BCUT2D eigenvalue weighted by Crippen LogP contribution is 2.58. The van der Waals surface area contributed by atoms with E-state index in [1.54, 1.807) is 19.3 Å². The molecule has 5 rings (SSSR count). The van der Waals surface area contributed by atoms with Crippen LogP contribution in [0.5, 0.6) is 0 Å². The van der Waals surface area contributed by atoms with E-state index in [0.29, 0.717) is 17.5 Å². The molecule has 2 heteroatoms. The van der Waals surface area contributed by atoms with Gasteiger partial charge in [-0.2, -0.15) is 0 Å². The highest BCUT2D eigenvalue weighted by molar-refractivity contribution is 5.08. The number of nitrogens with zero attached hydrogens (tertiary/aromatic N) is 1. The summed E-state index contributed by atoms with van der Waals surface area (Å²) in [5.74, 6) is 3.92. The lowest BCUT2D eigenvalue weighted by Crippen LogP contribution is -2.63. The third-order valence-corrected chi connectivity index (χ3v) is 6.65. The Hall–Kier alpha value is -0.0800. The van der Waals surface area contributed by atoms with Gasteiger partial charge in [0.05, 0.1) is 0 Å². The summed E-state index contributed by atoms with van der Waals surface area (Å²) in [7, 11) is 0. The van der Waals surface area contributed by atoms with Crippen molar-refractivity contribution < 1.29 is 0 Å². The summed E-state index contributed by atoms with van der Waals surface area (Å²) < 4.78 is 0. The van der Waals surface area contributed by atoms with Crippen molar-refractivity contribution in [1.29, 1.82) is 0 Å². The summed E-state index contributed by atoms with van der Waals surface area (Å²) in [4.78, 5) is 2.88. The van der Waals surface area contributed by atoms with Gasteiger partial charge in [0.25, 0.3) is 0 Å². The largest absolute Gasteiger partial charge is 0.327 e. The Morgan fingerprint density at radius 3 is 2.06 bits per heavy atom. The predicted octanol–water partition coefficient (Wildman–Crippen LogP) is 2.62. The normalized spacial score (nSPS) is 56.0. The van der Waals surface area contributed by atoms with Gasteiger partial charge in [0.1, 0.15) is 0 Å². The van der Waals surface area contributed by atoms with Gasteiger partial charge in [0.15, 0.2) is 0 Å². The number of hydrogen-bond acceptors (Lipinski definition) is 2. The van der Waals surface area contributed by atoms with Gasteiger partial charge in [-0.3, -0.25) is 4.90 Å². The van der Waals surface area contributed by atoms with Gasteiger partial charge in [0.2, 0.25) is 0 Å². The molecule has 2 nitrogen and oxygen atoms in total. The fourth-order valence-corrected chi connectivity index (χ4v) is 6.05. The van der Waals surface area contributed by atoms with E-state index in [1.165, 1.54) is 38.8 Å². The van der Waals surface area contributed by atoms with Crippen LogP contribution in [0, 0.1) is 23.7 Å². The first-order chi connectivity index (χ1) is 8.64. The van der Waals surface area contributed by atoms with Gasteiger partial charge in [0, 0.05) is 24.7 Å². The molecule has 0 radical (unpaired) electrons. The second-order valence-corrected chi connectivity index (χ2v) is 8.02. The van der Waals surface area contributed by atoms with Crippen LogP contribution in [0.4, 0.5) is 0 Å². The topological polar surface area (TPSA) is 29.3 Å². The zero-order valence-electron chi connectivity index (χ0n) is 11.8. The van der Waals surface area contributed by atoms with Crippen LogP contribution in [0.1, 0.15) is 51.9 Å². The van der Waals surface area contributed by atoms with E-state index in [1.807, 2.05) is 0 Å². The molecule has 1 heterocycles. The summed E-state index contributed by atoms with van der Waals surface area (Å²) in [6.07, 6.45) is 10.4. The molecule has 1 saturated heterocycles. The first kappa shape index (κ1) is 11.7. The summed E-state index contributed by atoms with van der Waals surface area (Å²) in [6.45, 7) is 4.91. The number of piperidine rings is 1. The number of nitrogens with two attached hydrogens (primary N) is 1. The summed E-state index contributed by atoms with van der Waals surface area (Å²) in [6, 6.07) is 0.454. The zero-order chi connectivity index (χ0) is 12.3. The lowest BCUT2D eigenvalue weighted by atomic mass is 9.52. The van der Waals surface area contributed by atoms with Gasteiger partial charge in [-0.15, -0.1) is 0 Å². The quantitative estimate of drug-likeness (QED) is 0.773. The molecular weight excluding hydrogens is 220 g/mol. The van der Waals surface area contributed by atoms with Crippen LogP contribution >= 0.6 is 0 Å². The lowest BCUT2D eigenvalue weighted by Gasteiger charge is -2.62. The molecule has 2 unspecified atom stereocenters. The smallest absolute Gasteiger partial charge is 0.0217 e. The van der Waals surface area contributed by atoms with Gasteiger partial charge in [-0.1, -0.05) is 6.92 Å². The van der Waals surface area contributed by atoms with Crippen LogP contribution in [-0.4, -0.2) is 29.6 Å². The first-order valence-electron chi connectivity index (χ1n) is 8.15. The second kappa shape index (κ2) is 3.96. The maximum absolute atomic E-state index is 6.21. The monoisotopic (exact) mass is 248 g/mol. The summed E-state index contributed by atoms with van der Waals surface area (Å²) in [5, 5.41) is 0. The van der Waals surface area contributed by atoms with Crippen molar-refractivity contribution in [2.75, 3.05) is 13.1 Å². The number of hydrogen-bond donors (Lipinski definition) is 1. The van der Waals surface area contributed by atoms with E-state index >= 15 is 0 Å². The van der Waals surface area contributed by atoms with Crippen molar-refractivity contribution in [3.8, 4) is 0 Å². The molecular formula is C16H28N2. The standard InChI is InChI=1S/C16H28N2/c1-11-10-18(3-2-15(11)17)16-7-12-4-13(8-16)6-14(5-12)9-16/h11-15H,2-10,17H2,1H3. The molecule has 0 aromatic carbocycles. The number of rotatable bonds is 1. The Bertz CT molecular complexity index is 303. The maximum Gasteiger partial charge on any atom is 0.0217 e. The minimum atomic E-state index is 0.454. The molecule has 1 aliphatic heterocycles. The van der Waals surface area contributed by atoms with E-state index in [0.717, 1.165) is 17.8 Å². The molecule has 2 atom stereocenters. The van der Waals surface area contributed by atoms with Crippen molar-refractivity contribution >= 4 is 0 Å². The molecule has 0 amide bonds. The Balaban J connectivity index is 1.56. The van der Waals surface area contributed by atoms with E-state index in [2.05, 4.69) is 11.8 Å². The van der Waals surface area contributed by atoms with Crippen molar-refractivity contribution in [2.45, 2.75) is 63.5 Å². The average Bonchev–Trinajstić information content (AvgIpc) is 2.31. The van der Waals surface area contributed by atoms with Crippen LogP contribution in [0.15, 0.2) is 0 Å². The first-order valence-corrected chi connectivity index (χ1v) is 8.15. The Kier molecular flexibility index (Phi) is 2.58. The number of likely N-dealkylation sites (tertiary alicyclic amines) is 1. The van der Waals surface area contributed by atoms with Crippen LogP contribution in [0.25, 0.3) is 0 Å².